The molecule has 0 radical (unpaired) electrons. The average Bonchev–Trinajstić information content (AvgIpc) is 2.86. The molecule has 0 bridgehead atoms. The fourth-order valence-corrected chi connectivity index (χ4v) is 2.72. The lowest BCUT2D eigenvalue weighted by Crippen LogP contribution is -2.40. The first-order chi connectivity index (χ1) is 11.4. The number of ketones is 1. The van der Waals surface area contributed by atoms with Crippen LogP contribution in [0.15, 0.2) is 39.6 Å². The van der Waals surface area contributed by atoms with Crippen LogP contribution < -0.4 is 16.6 Å². The van der Waals surface area contributed by atoms with Crippen LogP contribution in [0, 0.1) is 5.82 Å². The van der Waals surface area contributed by atoms with Crippen molar-refractivity contribution in [2.24, 2.45) is 7.05 Å². The third kappa shape index (κ3) is 2.47. The number of benzene rings is 1. The quantitative estimate of drug-likeness (QED) is 0.871. The van der Waals surface area contributed by atoms with Crippen LogP contribution in [0.25, 0.3) is 6.08 Å². The third-order valence-electron chi connectivity index (χ3n) is 3.87. The van der Waals surface area contributed by atoms with Crippen molar-refractivity contribution in [3.05, 3.63) is 67.7 Å². The van der Waals surface area contributed by atoms with Crippen molar-refractivity contribution in [2.75, 3.05) is 5.32 Å². The van der Waals surface area contributed by atoms with Crippen molar-refractivity contribution in [1.82, 2.24) is 9.13 Å². The molecule has 0 atom stereocenters. The van der Waals surface area contributed by atoms with Gasteiger partial charge in [0.25, 0.3) is 5.56 Å². The lowest BCUT2D eigenvalue weighted by molar-refractivity contribution is 0.104. The predicted octanol–water partition coefficient (Wildman–Crippen LogP) is 1.75. The number of halogens is 1. The molecule has 0 fully saturated rings. The third-order valence-corrected chi connectivity index (χ3v) is 3.87. The van der Waals surface area contributed by atoms with E-state index in [-0.39, 0.29) is 17.1 Å². The lowest BCUT2D eigenvalue weighted by Gasteiger charge is -2.11. The molecule has 7 heteroatoms. The molecule has 1 aliphatic rings. The number of rotatable bonds is 3. The monoisotopic (exact) mass is 329 g/mol. The Kier molecular flexibility index (Phi) is 3.92. The van der Waals surface area contributed by atoms with Crippen molar-refractivity contribution >= 4 is 17.7 Å². The first-order valence-electron chi connectivity index (χ1n) is 7.57. The standard InChI is InChI=1S/C17H16FN3O3/c1-3-7-21-15-13(16(23)20(2)17(21)24)14(22)12(19-15)9-10-5-4-6-11(18)8-10/h4-6,8-9,19H,3,7H2,1-2H3. The van der Waals surface area contributed by atoms with E-state index < -0.39 is 22.8 Å². The van der Waals surface area contributed by atoms with Crippen LogP contribution in [-0.2, 0) is 13.6 Å². The highest BCUT2D eigenvalue weighted by atomic mass is 19.1. The highest BCUT2D eigenvalue weighted by Gasteiger charge is 2.32. The second-order valence-electron chi connectivity index (χ2n) is 5.59. The Labute approximate surface area is 136 Å². The van der Waals surface area contributed by atoms with E-state index in [0.29, 0.717) is 18.5 Å². The highest BCUT2D eigenvalue weighted by Crippen LogP contribution is 2.25. The van der Waals surface area contributed by atoms with Gasteiger partial charge in [0.2, 0.25) is 5.78 Å². The molecule has 0 aliphatic carbocycles. The van der Waals surface area contributed by atoms with Crippen LogP contribution in [0.4, 0.5) is 10.2 Å². The summed E-state index contributed by atoms with van der Waals surface area (Å²) in [6, 6.07) is 5.75. The topological polar surface area (TPSA) is 73.1 Å². The molecule has 3 rings (SSSR count). The van der Waals surface area contributed by atoms with E-state index in [1.807, 2.05) is 6.92 Å². The van der Waals surface area contributed by atoms with E-state index in [2.05, 4.69) is 5.32 Å². The summed E-state index contributed by atoms with van der Waals surface area (Å²) in [5.41, 5.74) is -0.549. The van der Waals surface area contributed by atoms with E-state index >= 15 is 0 Å². The van der Waals surface area contributed by atoms with Gasteiger partial charge in [-0.3, -0.25) is 18.7 Å². The minimum Gasteiger partial charge on any atom is -0.338 e. The molecule has 0 amide bonds. The van der Waals surface area contributed by atoms with Crippen molar-refractivity contribution in [3.63, 3.8) is 0 Å². The molecule has 2 heterocycles. The van der Waals surface area contributed by atoms with E-state index in [1.54, 1.807) is 6.07 Å². The van der Waals surface area contributed by atoms with Gasteiger partial charge in [0.15, 0.2) is 0 Å². The molecule has 1 aromatic heterocycles. The Morgan fingerprint density at radius 1 is 1.25 bits per heavy atom. The van der Waals surface area contributed by atoms with Crippen LogP contribution in [0.1, 0.15) is 29.3 Å². The molecule has 0 saturated heterocycles. The summed E-state index contributed by atoms with van der Waals surface area (Å²) in [5, 5.41) is 2.85. The number of hydrogen-bond acceptors (Lipinski definition) is 4. The number of hydrogen-bond donors (Lipinski definition) is 1. The van der Waals surface area contributed by atoms with E-state index in [1.165, 1.54) is 35.9 Å². The largest absolute Gasteiger partial charge is 0.338 e. The van der Waals surface area contributed by atoms with Gasteiger partial charge in [-0.15, -0.1) is 0 Å². The minimum absolute atomic E-state index is 0.0618. The number of nitrogens with one attached hydrogen (secondary N) is 1. The van der Waals surface area contributed by atoms with Gasteiger partial charge in [0, 0.05) is 13.6 Å². The summed E-state index contributed by atoms with van der Waals surface area (Å²) in [4.78, 5) is 37.1. The average molecular weight is 329 g/mol. The Bertz CT molecular complexity index is 986. The number of fused-ring (bicyclic) bond motifs is 1. The van der Waals surface area contributed by atoms with Crippen LogP contribution in [0.3, 0.4) is 0 Å². The summed E-state index contributed by atoms with van der Waals surface area (Å²) in [7, 11) is 1.35. The number of carbonyl (C=O) groups excluding carboxylic acids is 1. The lowest BCUT2D eigenvalue weighted by atomic mass is 10.1. The Balaban J connectivity index is 2.17. The normalized spacial score (nSPS) is 14.8. The molecule has 124 valence electrons. The van der Waals surface area contributed by atoms with E-state index in [0.717, 1.165) is 4.57 Å². The maximum absolute atomic E-state index is 13.3. The molecule has 0 saturated carbocycles. The fourth-order valence-electron chi connectivity index (χ4n) is 2.72. The second kappa shape index (κ2) is 5.92. The van der Waals surface area contributed by atoms with Gasteiger partial charge in [0.1, 0.15) is 17.2 Å². The molecule has 1 aromatic carbocycles. The molecule has 2 aromatic rings. The second-order valence-corrected chi connectivity index (χ2v) is 5.59. The van der Waals surface area contributed by atoms with Gasteiger partial charge in [0.05, 0.1) is 5.70 Å². The van der Waals surface area contributed by atoms with Gasteiger partial charge >= 0.3 is 5.69 Å². The van der Waals surface area contributed by atoms with Gasteiger partial charge < -0.3 is 5.32 Å². The van der Waals surface area contributed by atoms with Crippen molar-refractivity contribution in [2.45, 2.75) is 19.9 Å². The number of nitrogens with zero attached hydrogens (tertiary/aromatic N) is 2. The Hall–Kier alpha value is -2.96. The number of Topliss-reactive ketones (excluding diaryl/α,β-unsaturated/α-hetero) is 1. The SMILES string of the molecule is CCCn1c2c(c(=O)n(C)c1=O)C(=O)C(=Cc1cccc(F)c1)N2. The summed E-state index contributed by atoms with van der Waals surface area (Å²) in [6.45, 7) is 2.27. The zero-order chi connectivity index (χ0) is 17.4. The summed E-state index contributed by atoms with van der Waals surface area (Å²) in [6.07, 6.45) is 2.13. The van der Waals surface area contributed by atoms with E-state index in [9.17, 15) is 18.8 Å². The molecule has 1 aliphatic heterocycles. The zero-order valence-corrected chi connectivity index (χ0v) is 13.3. The maximum atomic E-state index is 13.3. The highest BCUT2D eigenvalue weighted by molar-refractivity contribution is 6.19. The van der Waals surface area contributed by atoms with E-state index in [4.69, 9.17) is 0 Å². The molecule has 1 N–H and O–H groups in total. The number of anilines is 1. The van der Waals surface area contributed by atoms with Crippen molar-refractivity contribution in [3.8, 4) is 0 Å². The molecule has 6 nitrogen and oxygen atoms in total. The predicted molar refractivity (Wildman–Crippen MR) is 88.6 cm³/mol. The van der Waals surface area contributed by atoms with Gasteiger partial charge in [-0.1, -0.05) is 19.1 Å². The molecular weight excluding hydrogens is 313 g/mol. The summed E-state index contributed by atoms with van der Waals surface area (Å²) >= 11 is 0. The molecular formula is C17H16FN3O3. The van der Waals surface area contributed by atoms with Crippen LogP contribution in [0.5, 0.6) is 0 Å². The maximum Gasteiger partial charge on any atom is 0.332 e. The van der Waals surface area contributed by atoms with Crippen LogP contribution >= 0.6 is 0 Å². The smallest absolute Gasteiger partial charge is 0.332 e. The van der Waals surface area contributed by atoms with Gasteiger partial charge in [-0.2, -0.15) is 0 Å². The van der Waals surface area contributed by atoms with Crippen molar-refractivity contribution in [1.29, 1.82) is 0 Å². The molecule has 0 unspecified atom stereocenters. The fraction of sp³-hybridized carbons (Fsp3) is 0.235. The first kappa shape index (κ1) is 15.9. The van der Waals surface area contributed by atoms with Crippen LogP contribution in [0.2, 0.25) is 0 Å². The minimum atomic E-state index is -0.637. The van der Waals surface area contributed by atoms with Crippen molar-refractivity contribution < 1.29 is 9.18 Å². The summed E-state index contributed by atoms with van der Waals surface area (Å²) < 4.78 is 15.6. The van der Waals surface area contributed by atoms with Gasteiger partial charge in [-0.25, -0.2) is 9.18 Å². The number of aromatic nitrogens is 2. The first-order valence-corrected chi connectivity index (χ1v) is 7.57. The van der Waals surface area contributed by atoms with Gasteiger partial charge in [-0.05, 0) is 30.2 Å². The Morgan fingerprint density at radius 3 is 2.67 bits per heavy atom. The number of allylic oxidation sites excluding steroid dienone is 1. The Morgan fingerprint density at radius 2 is 2.00 bits per heavy atom. The molecule has 0 spiro atoms. The summed E-state index contributed by atoms with van der Waals surface area (Å²) in [5.74, 6) is -0.719. The van der Waals surface area contributed by atoms with Crippen LogP contribution in [-0.4, -0.2) is 14.9 Å². The zero-order valence-electron chi connectivity index (χ0n) is 13.3. The molecule has 24 heavy (non-hydrogen) atoms. The number of carbonyl (C=O) groups is 1.